The number of carbonyl (C=O) groups excluding carboxylic acids is 1. The van der Waals surface area contributed by atoms with Gasteiger partial charge in [-0.25, -0.2) is 9.48 Å². The fourth-order valence-electron chi connectivity index (χ4n) is 5.27. The first-order valence-electron chi connectivity index (χ1n) is 13.1. The van der Waals surface area contributed by atoms with Crippen LogP contribution in [0.2, 0.25) is 0 Å². The largest absolute Gasteiger partial charge is 0.497 e. The van der Waals surface area contributed by atoms with Crippen molar-refractivity contribution >= 4 is 6.03 Å². The summed E-state index contributed by atoms with van der Waals surface area (Å²) < 4.78 is 9.57. The number of aromatic nitrogens is 3. The van der Waals surface area contributed by atoms with Crippen molar-refractivity contribution in [1.82, 2.24) is 24.6 Å². The zero-order valence-electron chi connectivity index (χ0n) is 22.3. The number of nitrogens with one attached hydrogen (secondary N) is 1. The number of carbonyl (C=O) groups is 1. The van der Waals surface area contributed by atoms with Crippen LogP contribution in [0.3, 0.4) is 0 Å². The minimum absolute atomic E-state index is 0.135. The Balaban J connectivity index is 1.46. The predicted molar refractivity (Wildman–Crippen MR) is 151 cm³/mol. The van der Waals surface area contributed by atoms with E-state index in [2.05, 4.69) is 53.3 Å². The van der Waals surface area contributed by atoms with Gasteiger partial charge in [-0.05, 0) is 61.4 Å². The summed E-state index contributed by atoms with van der Waals surface area (Å²) in [5, 5.41) is 8.10. The number of urea groups is 1. The van der Waals surface area contributed by atoms with E-state index in [4.69, 9.17) is 9.84 Å². The Morgan fingerprint density at radius 1 is 0.949 bits per heavy atom. The first-order chi connectivity index (χ1) is 19.0. The van der Waals surface area contributed by atoms with Gasteiger partial charge in [0.15, 0.2) is 0 Å². The Morgan fingerprint density at radius 3 is 2.41 bits per heavy atom. The van der Waals surface area contributed by atoms with Crippen molar-refractivity contribution in [3.8, 4) is 17.3 Å². The maximum Gasteiger partial charge on any atom is 0.318 e. The normalized spacial score (nSPS) is 14.3. The molecule has 0 radical (unpaired) electrons. The summed E-state index contributed by atoms with van der Waals surface area (Å²) in [5.74, 6) is 1.73. The van der Waals surface area contributed by atoms with Crippen LogP contribution >= 0.6 is 0 Å². The van der Waals surface area contributed by atoms with E-state index in [9.17, 15) is 4.79 Å². The molecule has 0 saturated heterocycles. The second kappa shape index (κ2) is 10.2. The maximum atomic E-state index is 14.0. The Morgan fingerprint density at radius 2 is 1.69 bits per heavy atom. The lowest BCUT2D eigenvalue weighted by atomic mass is 10.0. The lowest BCUT2D eigenvalue weighted by molar-refractivity contribution is 0.180. The average molecular weight is 518 g/mol. The molecular weight excluding hydrogens is 486 g/mol. The van der Waals surface area contributed by atoms with Crippen molar-refractivity contribution in [3.05, 3.63) is 131 Å². The lowest BCUT2D eigenvalue weighted by Crippen LogP contribution is -2.41. The molecule has 1 aliphatic rings. The van der Waals surface area contributed by atoms with Gasteiger partial charge in [0, 0.05) is 18.3 Å². The molecule has 7 nitrogen and oxygen atoms in total. The van der Waals surface area contributed by atoms with Crippen molar-refractivity contribution in [3.63, 3.8) is 0 Å². The van der Waals surface area contributed by atoms with Gasteiger partial charge in [0.1, 0.15) is 11.6 Å². The number of ether oxygens (including phenoxy) is 1. The van der Waals surface area contributed by atoms with Crippen LogP contribution in [0.1, 0.15) is 39.7 Å². The van der Waals surface area contributed by atoms with Crippen LogP contribution in [0, 0.1) is 13.8 Å². The Kier molecular flexibility index (Phi) is 6.40. The summed E-state index contributed by atoms with van der Waals surface area (Å²) >= 11 is 0. The van der Waals surface area contributed by atoms with Crippen LogP contribution in [0.25, 0.3) is 11.5 Å². The summed E-state index contributed by atoms with van der Waals surface area (Å²) in [7, 11) is 1.66. The van der Waals surface area contributed by atoms with Crippen molar-refractivity contribution in [2.75, 3.05) is 7.11 Å². The topological polar surface area (TPSA) is 64.3 Å². The number of benzene rings is 3. The molecule has 3 heterocycles. The molecule has 196 valence electrons. The van der Waals surface area contributed by atoms with Crippen LogP contribution in [0.4, 0.5) is 4.79 Å². The third-order valence-electron chi connectivity index (χ3n) is 7.34. The van der Waals surface area contributed by atoms with Crippen LogP contribution in [0.15, 0.2) is 97.2 Å². The SMILES string of the molecule is COc1ccc([C@@H]2c3cccn3-c3c(c(C)nn3-c3ccccc3)CN2C(=O)NCc2ccc(C)cc2)cc1. The van der Waals surface area contributed by atoms with Gasteiger partial charge in [-0.2, -0.15) is 5.10 Å². The highest BCUT2D eigenvalue weighted by molar-refractivity contribution is 5.76. The highest BCUT2D eigenvalue weighted by Crippen LogP contribution is 2.38. The monoisotopic (exact) mass is 517 g/mol. The van der Waals surface area contributed by atoms with Gasteiger partial charge in [0.25, 0.3) is 0 Å². The van der Waals surface area contributed by atoms with E-state index in [0.29, 0.717) is 13.1 Å². The number of fused-ring (bicyclic) bond motifs is 3. The molecule has 5 aromatic rings. The summed E-state index contributed by atoms with van der Waals surface area (Å²) in [4.78, 5) is 15.9. The predicted octanol–water partition coefficient (Wildman–Crippen LogP) is 6.10. The van der Waals surface area contributed by atoms with E-state index in [-0.39, 0.29) is 12.1 Å². The molecule has 2 aromatic heterocycles. The molecule has 2 amide bonds. The maximum absolute atomic E-state index is 14.0. The van der Waals surface area contributed by atoms with Gasteiger partial charge in [-0.15, -0.1) is 0 Å². The minimum Gasteiger partial charge on any atom is -0.497 e. The highest BCUT2D eigenvalue weighted by atomic mass is 16.5. The molecule has 0 bridgehead atoms. The second-order valence-corrected chi connectivity index (χ2v) is 9.89. The van der Waals surface area contributed by atoms with Crippen LogP contribution < -0.4 is 10.1 Å². The zero-order valence-corrected chi connectivity index (χ0v) is 22.3. The number of nitrogens with zero attached hydrogens (tertiary/aromatic N) is 4. The van der Waals surface area contributed by atoms with Crippen LogP contribution in [-0.4, -0.2) is 32.4 Å². The van der Waals surface area contributed by atoms with E-state index in [0.717, 1.165) is 45.3 Å². The first kappa shape index (κ1) is 24.6. The molecule has 39 heavy (non-hydrogen) atoms. The van der Waals surface area contributed by atoms with Gasteiger partial charge >= 0.3 is 6.03 Å². The molecule has 1 atom stereocenters. The molecule has 1 aliphatic heterocycles. The van der Waals surface area contributed by atoms with E-state index < -0.39 is 0 Å². The molecule has 7 heteroatoms. The number of hydrogen-bond acceptors (Lipinski definition) is 3. The fourth-order valence-corrected chi connectivity index (χ4v) is 5.27. The fraction of sp³-hybridized carbons (Fsp3) is 0.188. The van der Waals surface area contributed by atoms with E-state index >= 15 is 0 Å². The van der Waals surface area contributed by atoms with Crippen molar-refractivity contribution < 1.29 is 9.53 Å². The highest BCUT2D eigenvalue weighted by Gasteiger charge is 2.35. The molecule has 0 saturated carbocycles. The van der Waals surface area contributed by atoms with Crippen LogP contribution in [0.5, 0.6) is 5.75 Å². The van der Waals surface area contributed by atoms with E-state index in [1.54, 1.807) is 7.11 Å². The second-order valence-electron chi connectivity index (χ2n) is 9.89. The van der Waals surface area contributed by atoms with Crippen molar-refractivity contribution in [1.29, 1.82) is 0 Å². The summed E-state index contributed by atoms with van der Waals surface area (Å²) in [6.07, 6.45) is 2.05. The molecule has 6 rings (SSSR count). The number of amides is 2. The van der Waals surface area contributed by atoms with Gasteiger partial charge in [-0.3, -0.25) is 0 Å². The molecule has 0 unspecified atom stereocenters. The number of methoxy groups -OCH3 is 1. The standard InChI is InChI=1S/C32H31N5O2/c1-22-11-13-24(14-12-22)20-33-32(38)36-21-28-23(2)34-37(26-8-5-4-6-9-26)31(28)35-19-7-10-29(35)30(36)25-15-17-27(39-3)18-16-25/h4-19,30H,20-21H2,1-3H3,(H,33,38)/t30-/m1/s1. The quantitative estimate of drug-likeness (QED) is 0.306. The number of para-hydroxylation sites is 1. The molecule has 0 fully saturated rings. The Bertz CT molecular complexity index is 1600. The molecule has 0 aliphatic carbocycles. The molecule has 3 aromatic carbocycles. The van der Waals surface area contributed by atoms with Gasteiger partial charge in [-0.1, -0.05) is 60.2 Å². The summed E-state index contributed by atoms with van der Waals surface area (Å²) in [6, 6.07) is 30.0. The van der Waals surface area contributed by atoms with Gasteiger partial charge < -0.3 is 19.5 Å². The van der Waals surface area contributed by atoms with Crippen LogP contribution in [-0.2, 0) is 13.1 Å². The molecular formula is C32H31N5O2. The third kappa shape index (κ3) is 4.56. The van der Waals surface area contributed by atoms with Crippen molar-refractivity contribution in [2.24, 2.45) is 0 Å². The Labute approximate surface area is 228 Å². The van der Waals surface area contributed by atoms with Gasteiger partial charge in [0.2, 0.25) is 0 Å². The van der Waals surface area contributed by atoms with E-state index in [1.165, 1.54) is 5.56 Å². The lowest BCUT2D eigenvalue weighted by Gasteiger charge is -2.31. The van der Waals surface area contributed by atoms with E-state index in [1.807, 2.05) is 77.2 Å². The zero-order chi connectivity index (χ0) is 26.9. The summed E-state index contributed by atoms with van der Waals surface area (Å²) in [6.45, 7) is 4.93. The minimum atomic E-state index is -0.319. The number of aryl methyl sites for hydroxylation is 2. The Hall–Kier alpha value is -4.78. The third-order valence-corrected chi connectivity index (χ3v) is 7.34. The van der Waals surface area contributed by atoms with Crippen molar-refractivity contribution in [2.45, 2.75) is 33.0 Å². The smallest absolute Gasteiger partial charge is 0.318 e. The molecule has 0 spiro atoms. The number of rotatable bonds is 5. The average Bonchev–Trinajstić information content (AvgIpc) is 3.53. The first-order valence-corrected chi connectivity index (χ1v) is 13.1. The van der Waals surface area contributed by atoms with Gasteiger partial charge in [0.05, 0.1) is 36.8 Å². The number of hydrogen-bond donors (Lipinski definition) is 1. The molecule has 1 N–H and O–H groups in total. The summed E-state index contributed by atoms with van der Waals surface area (Å²) in [5.41, 5.74) is 7.11.